The molecule has 0 aromatic carbocycles. The summed E-state index contributed by atoms with van der Waals surface area (Å²) in [5.74, 6) is 1.85. The summed E-state index contributed by atoms with van der Waals surface area (Å²) in [4.78, 5) is 11.1. The van der Waals surface area contributed by atoms with Gasteiger partial charge in [-0.3, -0.25) is 0 Å². The molecule has 0 bridgehead atoms. The fraction of sp³-hybridized carbons (Fsp3) is 0.692. The van der Waals surface area contributed by atoms with E-state index in [2.05, 4.69) is 20.2 Å². The van der Waals surface area contributed by atoms with Crippen LogP contribution in [0.4, 0.5) is 5.95 Å². The Morgan fingerprint density at radius 3 is 2.78 bits per heavy atom. The summed E-state index contributed by atoms with van der Waals surface area (Å²) in [6, 6.07) is 0. The number of nitrogens with zero attached hydrogens (tertiary/aromatic N) is 3. The van der Waals surface area contributed by atoms with E-state index in [0.29, 0.717) is 11.8 Å². The highest BCUT2D eigenvalue weighted by Gasteiger charge is 2.42. The van der Waals surface area contributed by atoms with Gasteiger partial charge >= 0.3 is 0 Å². The molecule has 0 radical (unpaired) electrons. The first kappa shape index (κ1) is 11.9. The van der Waals surface area contributed by atoms with Gasteiger partial charge in [0.2, 0.25) is 5.95 Å². The predicted octanol–water partition coefficient (Wildman–Crippen LogP) is 0.403. The van der Waals surface area contributed by atoms with Gasteiger partial charge in [0, 0.05) is 43.5 Å². The molecule has 2 heterocycles. The van der Waals surface area contributed by atoms with Crippen LogP contribution in [-0.4, -0.2) is 41.3 Å². The Bertz CT molecular complexity index is 408. The molecule has 3 atom stereocenters. The van der Waals surface area contributed by atoms with Crippen molar-refractivity contribution in [1.82, 2.24) is 15.3 Å². The third-order valence-corrected chi connectivity index (χ3v) is 4.17. The van der Waals surface area contributed by atoms with Crippen molar-refractivity contribution in [2.75, 3.05) is 25.0 Å². The Morgan fingerprint density at radius 1 is 1.33 bits per heavy atom. The largest absolute Gasteiger partial charge is 0.393 e. The van der Waals surface area contributed by atoms with Crippen LogP contribution in [0.15, 0.2) is 12.4 Å². The number of nitrogens with one attached hydrogen (secondary N) is 1. The van der Waals surface area contributed by atoms with Gasteiger partial charge in [-0.2, -0.15) is 0 Å². The molecule has 1 aromatic rings. The summed E-state index contributed by atoms with van der Waals surface area (Å²) in [5, 5.41) is 13.0. The molecule has 0 spiro atoms. The van der Waals surface area contributed by atoms with Crippen LogP contribution in [0.25, 0.3) is 0 Å². The first-order valence-corrected chi connectivity index (χ1v) is 6.66. The highest BCUT2D eigenvalue weighted by Crippen LogP contribution is 2.38. The summed E-state index contributed by atoms with van der Waals surface area (Å²) in [5.41, 5.74) is 1.10. The summed E-state index contributed by atoms with van der Waals surface area (Å²) in [6.45, 7) is 2.69. The van der Waals surface area contributed by atoms with Crippen molar-refractivity contribution in [3.63, 3.8) is 0 Å². The lowest BCUT2D eigenvalue weighted by Crippen LogP contribution is -2.26. The van der Waals surface area contributed by atoms with Crippen molar-refractivity contribution in [2.24, 2.45) is 11.8 Å². The van der Waals surface area contributed by atoms with Gasteiger partial charge in [0.1, 0.15) is 0 Å². The Labute approximate surface area is 107 Å². The highest BCUT2D eigenvalue weighted by atomic mass is 16.3. The van der Waals surface area contributed by atoms with E-state index in [0.717, 1.165) is 44.0 Å². The number of hydrogen-bond donors (Lipinski definition) is 2. The van der Waals surface area contributed by atoms with Crippen molar-refractivity contribution in [1.29, 1.82) is 0 Å². The van der Waals surface area contributed by atoms with E-state index in [-0.39, 0.29) is 6.10 Å². The molecule has 98 valence electrons. The van der Waals surface area contributed by atoms with E-state index in [1.807, 2.05) is 19.4 Å². The second-order valence-corrected chi connectivity index (χ2v) is 5.40. The maximum Gasteiger partial charge on any atom is 0.225 e. The number of fused-ring (bicyclic) bond motifs is 1. The maximum absolute atomic E-state index is 9.90. The Hall–Kier alpha value is -1.20. The van der Waals surface area contributed by atoms with Crippen LogP contribution >= 0.6 is 0 Å². The number of aliphatic hydroxyl groups is 1. The predicted molar refractivity (Wildman–Crippen MR) is 69.2 cm³/mol. The minimum Gasteiger partial charge on any atom is -0.393 e. The minimum absolute atomic E-state index is 0.122. The maximum atomic E-state index is 9.90. The van der Waals surface area contributed by atoms with Crippen LogP contribution in [0.3, 0.4) is 0 Å². The zero-order valence-electron chi connectivity index (χ0n) is 10.7. The molecular formula is C13H20N4O. The molecular weight excluding hydrogens is 228 g/mol. The molecule has 2 aliphatic rings. The molecule has 0 amide bonds. The lowest BCUT2D eigenvalue weighted by molar-refractivity contribution is 0.133. The van der Waals surface area contributed by atoms with E-state index in [1.165, 1.54) is 0 Å². The molecule has 2 N–H and O–H groups in total. The van der Waals surface area contributed by atoms with Crippen molar-refractivity contribution in [3.05, 3.63) is 18.0 Å². The zero-order valence-corrected chi connectivity index (χ0v) is 10.7. The van der Waals surface area contributed by atoms with Gasteiger partial charge in [0.15, 0.2) is 0 Å². The second-order valence-electron chi connectivity index (χ2n) is 5.40. The Morgan fingerprint density at radius 2 is 2.11 bits per heavy atom. The van der Waals surface area contributed by atoms with E-state index in [9.17, 15) is 5.11 Å². The monoisotopic (exact) mass is 248 g/mol. The number of aliphatic hydroxyl groups excluding tert-OH is 1. The van der Waals surface area contributed by atoms with E-state index >= 15 is 0 Å². The van der Waals surface area contributed by atoms with Gasteiger partial charge in [0.25, 0.3) is 0 Å². The number of hydrogen-bond acceptors (Lipinski definition) is 5. The van der Waals surface area contributed by atoms with Crippen LogP contribution in [0.1, 0.15) is 18.4 Å². The molecule has 1 aliphatic carbocycles. The average molecular weight is 248 g/mol. The van der Waals surface area contributed by atoms with Crippen molar-refractivity contribution < 1.29 is 5.11 Å². The fourth-order valence-electron chi connectivity index (χ4n) is 3.21. The Kier molecular flexibility index (Phi) is 3.18. The third kappa shape index (κ3) is 2.08. The average Bonchev–Trinajstić information content (AvgIpc) is 2.94. The number of aromatic nitrogens is 2. The smallest absolute Gasteiger partial charge is 0.225 e. The van der Waals surface area contributed by atoms with Crippen molar-refractivity contribution >= 4 is 5.95 Å². The highest BCUT2D eigenvalue weighted by molar-refractivity contribution is 5.33. The first-order chi connectivity index (χ1) is 8.78. The minimum atomic E-state index is -0.122. The third-order valence-electron chi connectivity index (χ3n) is 4.17. The first-order valence-electron chi connectivity index (χ1n) is 6.66. The van der Waals surface area contributed by atoms with Crippen LogP contribution in [0.5, 0.6) is 0 Å². The second kappa shape index (κ2) is 4.82. The lowest BCUT2D eigenvalue weighted by atomic mass is 10.00. The van der Waals surface area contributed by atoms with Crippen molar-refractivity contribution in [3.8, 4) is 0 Å². The van der Waals surface area contributed by atoms with Crippen LogP contribution in [0, 0.1) is 11.8 Å². The number of rotatable bonds is 3. The lowest BCUT2D eigenvalue weighted by Gasteiger charge is -2.18. The van der Waals surface area contributed by atoms with Gasteiger partial charge in [-0.1, -0.05) is 0 Å². The fourth-order valence-corrected chi connectivity index (χ4v) is 3.21. The molecule has 1 aromatic heterocycles. The van der Waals surface area contributed by atoms with E-state index in [1.54, 1.807) is 0 Å². The number of anilines is 1. The molecule has 1 saturated carbocycles. The Balaban J connectivity index is 1.69. The van der Waals surface area contributed by atoms with Gasteiger partial charge in [-0.25, -0.2) is 9.97 Å². The molecule has 5 nitrogen and oxygen atoms in total. The summed E-state index contributed by atoms with van der Waals surface area (Å²) >= 11 is 0. The van der Waals surface area contributed by atoms with Gasteiger partial charge < -0.3 is 15.3 Å². The molecule has 5 heteroatoms. The zero-order chi connectivity index (χ0) is 12.5. The van der Waals surface area contributed by atoms with Gasteiger partial charge in [-0.05, 0) is 25.8 Å². The van der Waals surface area contributed by atoms with Crippen molar-refractivity contribution in [2.45, 2.75) is 25.5 Å². The molecule has 2 fully saturated rings. The quantitative estimate of drug-likeness (QED) is 0.811. The SMILES string of the molecule is CNCc1cnc(N2CC3CCC(O)C3C2)nc1. The molecule has 1 saturated heterocycles. The van der Waals surface area contributed by atoms with Gasteiger partial charge in [0.05, 0.1) is 6.10 Å². The van der Waals surface area contributed by atoms with Gasteiger partial charge in [-0.15, -0.1) is 0 Å². The molecule has 1 aliphatic heterocycles. The summed E-state index contributed by atoms with van der Waals surface area (Å²) in [7, 11) is 1.91. The molecule has 3 unspecified atom stereocenters. The summed E-state index contributed by atoms with van der Waals surface area (Å²) < 4.78 is 0. The molecule has 18 heavy (non-hydrogen) atoms. The van der Waals surface area contributed by atoms with Crippen LogP contribution in [-0.2, 0) is 6.54 Å². The van der Waals surface area contributed by atoms with Crippen LogP contribution < -0.4 is 10.2 Å². The summed E-state index contributed by atoms with van der Waals surface area (Å²) in [6.07, 6.45) is 5.74. The van der Waals surface area contributed by atoms with Crippen LogP contribution in [0.2, 0.25) is 0 Å². The topological polar surface area (TPSA) is 61.3 Å². The normalized spacial score (nSPS) is 30.8. The van der Waals surface area contributed by atoms with E-state index in [4.69, 9.17) is 0 Å². The molecule has 3 rings (SSSR count). The standard InChI is InChI=1S/C13H20N4O/c1-14-4-9-5-15-13(16-6-9)17-7-10-2-3-12(18)11(10)8-17/h5-6,10-12,14,18H,2-4,7-8H2,1H3. The van der Waals surface area contributed by atoms with E-state index < -0.39 is 0 Å².